The largest absolute Gasteiger partial charge is 1.00 e. The molecule has 2 aliphatic rings. The fourth-order valence-electron chi connectivity index (χ4n) is 3.56. The number of hydrogen-bond acceptors (Lipinski definition) is 0. The molecule has 3 heteroatoms. The van der Waals surface area contributed by atoms with Gasteiger partial charge >= 0.3 is 149 Å². The van der Waals surface area contributed by atoms with Gasteiger partial charge in [-0.25, -0.2) is 0 Å². The van der Waals surface area contributed by atoms with Gasteiger partial charge in [0.25, 0.3) is 0 Å². The van der Waals surface area contributed by atoms with Gasteiger partial charge in [0.2, 0.25) is 0 Å². The first-order valence-corrected chi connectivity index (χ1v) is 12.2. The minimum absolute atomic E-state index is 0. The Morgan fingerprint density at radius 1 is 0.760 bits per heavy atom. The van der Waals surface area contributed by atoms with E-state index in [0.717, 1.165) is 0 Å². The average molecular weight is 453 g/mol. The first-order valence-electron chi connectivity index (χ1n) is 8.48. The molecule has 0 heterocycles. The zero-order valence-electron chi connectivity index (χ0n) is 15.7. The van der Waals surface area contributed by atoms with Crippen molar-refractivity contribution in [3.05, 3.63) is 76.9 Å². The van der Waals surface area contributed by atoms with E-state index in [-0.39, 0.29) is 24.8 Å². The molecule has 0 saturated heterocycles. The van der Waals surface area contributed by atoms with Crippen LogP contribution in [-0.2, 0) is 21.3 Å². The molecule has 0 fully saturated rings. The van der Waals surface area contributed by atoms with Crippen molar-refractivity contribution in [1.82, 2.24) is 0 Å². The van der Waals surface area contributed by atoms with Crippen molar-refractivity contribution in [2.75, 3.05) is 0 Å². The summed E-state index contributed by atoms with van der Waals surface area (Å²) in [4.78, 5) is 0. The van der Waals surface area contributed by atoms with Crippen LogP contribution in [0.4, 0.5) is 0 Å². The molecule has 25 heavy (non-hydrogen) atoms. The third kappa shape index (κ3) is 4.82. The second kappa shape index (κ2) is 9.45. The molecule has 0 radical (unpaired) electrons. The molecule has 0 bridgehead atoms. The van der Waals surface area contributed by atoms with Crippen molar-refractivity contribution in [2.24, 2.45) is 0 Å². The van der Waals surface area contributed by atoms with Crippen LogP contribution in [0.2, 0.25) is 0 Å². The van der Waals surface area contributed by atoms with Crippen LogP contribution in [0.25, 0.3) is 0 Å². The third-order valence-electron chi connectivity index (χ3n) is 5.26. The van der Waals surface area contributed by atoms with Gasteiger partial charge in [0.1, 0.15) is 0 Å². The van der Waals surface area contributed by atoms with Gasteiger partial charge in [-0.05, 0) is 0 Å². The van der Waals surface area contributed by atoms with Crippen LogP contribution in [0.5, 0.6) is 0 Å². The fraction of sp³-hybridized carbons (Fsp3) is 0.318. The maximum absolute atomic E-state index is 2.51. The van der Waals surface area contributed by atoms with E-state index in [2.05, 4.69) is 77.1 Å². The second-order valence-electron chi connectivity index (χ2n) is 6.99. The summed E-state index contributed by atoms with van der Waals surface area (Å²) in [6.07, 6.45) is 7.45. The van der Waals surface area contributed by atoms with Crippen molar-refractivity contribution in [3.63, 3.8) is 0 Å². The third-order valence-corrected chi connectivity index (χ3v) is 12.6. The maximum Gasteiger partial charge on any atom is -1.00 e. The number of benzene rings is 1. The Labute approximate surface area is 172 Å². The number of rotatable bonds is 3. The molecule has 0 aliphatic heterocycles. The number of halogens is 2. The molecule has 0 N–H and O–H groups in total. The molecule has 0 saturated carbocycles. The summed E-state index contributed by atoms with van der Waals surface area (Å²) in [6.45, 7) is 11.6. The van der Waals surface area contributed by atoms with Gasteiger partial charge in [-0.3, -0.25) is 0 Å². The van der Waals surface area contributed by atoms with E-state index >= 15 is 0 Å². The van der Waals surface area contributed by atoms with Gasteiger partial charge in [0, 0.05) is 0 Å². The molecule has 1 aromatic carbocycles. The first kappa shape index (κ1) is 22.6. The van der Waals surface area contributed by atoms with Crippen LogP contribution >= 0.6 is 0 Å². The van der Waals surface area contributed by atoms with Gasteiger partial charge in [-0.15, -0.1) is 0 Å². The van der Waals surface area contributed by atoms with E-state index in [4.69, 9.17) is 0 Å². The van der Waals surface area contributed by atoms with E-state index in [1.807, 2.05) is 0 Å². The molecule has 0 spiro atoms. The molecule has 3 rings (SSSR count). The first-order chi connectivity index (χ1) is 11.0. The summed E-state index contributed by atoms with van der Waals surface area (Å²) in [5, 5.41) is 0. The fourth-order valence-corrected chi connectivity index (χ4v) is 12.0. The predicted molar refractivity (Wildman–Crippen MR) is 98.4 cm³/mol. The van der Waals surface area contributed by atoms with E-state index in [1.54, 1.807) is 20.9 Å². The van der Waals surface area contributed by atoms with Crippen molar-refractivity contribution in [1.29, 1.82) is 0 Å². The van der Waals surface area contributed by atoms with Gasteiger partial charge in [0.05, 0.1) is 0 Å². The second-order valence-corrected chi connectivity index (χ2v) is 13.8. The van der Waals surface area contributed by atoms with E-state index in [9.17, 15) is 0 Å². The summed E-state index contributed by atoms with van der Waals surface area (Å²) in [6, 6.07) is 11.1. The van der Waals surface area contributed by atoms with Gasteiger partial charge in [-0.2, -0.15) is 0 Å². The van der Waals surface area contributed by atoms with Gasteiger partial charge in [-0.1, -0.05) is 0 Å². The Morgan fingerprint density at radius 2 is 1.20 bits per heavy atom. The molecular formula is C22H26Cl2Zr. The molecule has 0 nitrogen and oxygen atoms in total. The van der Waals surface area contributed by atoms with Gasteiger partial charge in [0.15, 0.2) is 0 Å². The van der Waals surface area contributed by atoms with Crippen molar-refractivity contribution in [3.8, 4) is 0 Å². The van der Waals surface area contributed by atoms with Crippen LogP contribution in [0.1, 0.15) is 53.0 Å². The average Bonchev–Trinajstić information content (AvgIpc) is 3.03. The topological polar surface area (TPSA) is 0 Å². The standard InChI is InChI=1S/C8H8.2C7H9.2ClH.Zr/c1-2-8-6-4-3-5-7-8;2*1-6-4-3-5-7(6)2;;;/h3-7H,1H3;2*4H,5H2,1-2H3;2*1H;/q;;;;;+2/p-2. The normalized spacial score (nSPS) is 15.8. The Hall–Kier alpha value is -0.487. The molecule has 132 valence electrons. The van der Waals surface area contributed by atoms with Crippen molar-refractivity contribution in [2.45, 2.75) is 47.5 Å². The Bertz CT molecular complexity index is 762. The molecular weight excluding hydrogens is 426 g/mol. The van der Waals surface area contributed by atoms with E-state index < -0.39 is 21.3 Å². The zero-order chi connectivity index (χ0) is 16.6. The van der Waals surface area contributed by atoms with Crippen LogP contribution in [-0.4, -0.2) is 3.21 Å². The summed E-state index contributed by atoms with van der Waals surface area (Å²) < 4.78 is 5.20. The van der Waals surface area contributed by atoms with Crippen LogP contribution in [0.3, 0.4) is 0 Å². The Kier molecular flexibility index (Phi) is 8.52. The summed E-state index contributed by atoms with van der Waals surface area (Å²) in [5.74, 6) is 0. The van der Waals surface area contributed by atoms with Crippen molar-refractivity contribution >= 4 is 3.21 Å². The van der Waals surface area contributed by atoms with Crippen molar-refractivity contribution < 1.29 is 46.1 Å². The predicted octanol–water partition coefficient (Wildman–Crippen LogP) is 0.101. The maximum atomic E-state index is 2.51. The Balaban J connectivity index is 0.00000156. The molecule has 2 aliphatic carbocycles. The number of allylic oxidation sites excluding steroid dienone is 8. The summed E-state index contributed by atoms with van der Waals surface area (Å²) in [5.41, 5.74) is 7.59. The molecule has 0 aromatic heterocycles. The van der Waals surface area contributed by atoms with Gasteiger partial charge < -0.3 is 24.8 Å². The zero-order valence-corrected chi connectivity index (χ0v) is 19.7. The SMILES string of the molecule is CC1=C(C)C[C]([Zr+2]([C]2=CC(C)=C(C)C2)=[C](C)c2ccccc2)=C1.[Cl-].[Cl-]. The minimum atomic E-state index is -1.96. The molecule has 0 atom stereocenters. The Morgan fingerprint density at radius 3 is 1.56 bits per heavy atom. The monoisotopic (exact) mass is 450 g/mol. The smallest absolute Gasteiger partial charge is 1.00 e. The summed E-state index contributed by atoms with van der Waals surface area (Å²) >= 11 is -1.96. The quantitative estimate of drug-likeness (QED) is 0.611. The van der Waals surface area contributed by atoms with Crippen LogP contribution in [0.15, 0.2) is 71.3 Å². The molecule has 0 unspecified atom stereocenters. The molecule has 0 amide bonds. The van der Waals surface area contributed by atoms with Crippen LogP contribution < -0.4 is 24.8 Å². The van der Waals surface area contributed by atoms with Crippen LogP contribution in [0, 0.1) is 0 Å². The van der Waals surface area contributed by atoms with E-state index in [1.165, 1.54) is 29.6 Å². The summed E-state index contributed by atoms with van der Waals surface area (Å²) in [7, 11) is 0. The van der Waals surface area contributed by atoms with E-state index in [0.29, 0.717) is 0 Å². The number of hydrogen-bond donors (Lipinski definition) is 0. The molecule has 1 aromatic rings. The minimum Gasteiger partial charge on any atom is -1.00 e.